The van der Waals surface area contributed by atoms with Gasteiger partial charge >= 0.3 is 0 Å². The van der Waals surface area contributed by atoms with Crippen molar-refractivity contribution in [2.24, 2.45) is 0 Å². The highest BCUT2D eigenvalue weighted by Crippen LogP contribution is 2.26. The molecule has 0 aliphatic rings. The Hall–Kier alpha value is -1.94. The number of hydrogen-bond acceptors (Lipinski definition) is 3. The Kier molecular flexibility index (Phi) is 2.95. The summed E-state index contributed by atoms with van der Waals surface area (Å²) in [5, 5.41) is 0.710. The Morgan fingerprint density at radius 2 is 1.79 bits per heavy atom. The molecule has 1 aromatic carbocycles. The van der Waals surface area contributed by atoms with Crippen molar-refractivity contribution in [3.05, 3.63) is 41.9 Å². The summed E-state index contributed by atoms with van der Waals surface area (Å²) >= 11 is 5.91. The fourth-order valence-corrected chi connectivity index (χ4v) is 2.17. The maximum atomic E-state index is 5.91. The number of nitrogens with zero attached hydrogens (tertiary/aromatic N) is 4. The van der Waals surface area contributed by atoms with Crippen LogP contribution >= 0.6 is 11.6 Å². The summed E-state index contributed by atoms with van der Waals surface area (Å²) in [6, 6.07) is 7.91. The summed E-state index contributed by atoms with van der Waals surface area (Å²) in [6.45, 7) is 4.20. The molecule has 19 heavy (non-hydrogen) atoms. The lowest BCUT2D eigenvalue weighted by Crippen LogP contribution is -2.00. The van der Waals surface area contributed by atoms with Gasteiger partial charge in [0.15, 0.2) is 5.65 Å². The number of rotatable bonds is 2. The molecule has 0 aliphatic carbocycles. The Morgan fingerprint density at radius 3 is 2.47 bits per heavy atom. The van der Waals surface area contributed by atoms with E-state index >= 15 is 0 Å². The molecule has 2 heterocycles. The molecule has 2 aromatic heterocycles. The number of halogens is 1. The van der Waals surface area contributed by atoms with E-state index in [1.807, 2.05) is 35.2 Å². The number of aromatic nitrogens is 4. The largest absolute Gasteiger partial charge is 0.313 e. The van der Waals surface area contributed by atoms with Crippen LogP contribution in [0.3, 0.4) is 0 Å². The van der Waals surface area contributed by atoms with Crippen molar-refractivity contribution < 1.29 is 0 Å². The molecule has 0 amide bonds. The van der Waals surface area contributed by atoms with Gasteiger partial charge in [-0.3, -0.25) is 0 Å². The normalized spacial score (nSPS) is 11.4. The lowest BCUT2D eigenvalue weighted by atomic mass is 10.1. The van der Waals surface area contributed by atoms with E-state index in [9.17, 15) is 0 Å². The molecule has 4 nitrogen and oxygen atoms in total. The summed E-state index contributed by atoms with van der Waals surface area (Å²) in [7, 11) is 0. The third kappa shape index (κ3) is 2.08. The van der Waals surface area contributed by atoms with E-state index in [-0.39, 0.29) is 0 Å². The van der Waals surface area contributed by atoms with Gasteiger partial charge in [0.05, 0.1) is 6.33 Å². The standard InChI is InChI=1S/C14H13ClN4/c1-9(2)19-8-18-13-12(16-7-17-14(13)19)10-3-5-11(15)6-4-10/h3-9H,1-2H3. The van der Waals surface area contributed by atoms with Crippen molar-refractivity contribution in [2.75, 3.05) is 0 Å². The first-order valence-corrected chi connectivity index (χ1v) is 6.48. The molecular formula is C14H13ClN4. The van der Waals surface area contributed by atoms with Gasteiger partial charge in [0.1, 0.15) is 17.5 Å². The molecule has 0 unspecified atom stereocenters. The van der Waals surface area contributed by atoms with Gasteiger partial charge in [-0.15, -0.1) is 0 Å². The summed E-state index contributed by atoms with van der Waals surface area (Å²) < 4.78 is 2.04. The molecule has 0 radical (unpaired) electrons. The molecule has 96 valence electrons. The predicted octanol–water partition coefficient (Wildman–Crippen LogP) is 3.73. The van der Waals surface area contributed by atoms with Crippen LogP contribution in [0.2, 0.25) is 5.02 Å². The maximum absolute atomic E-state index is 5.91. The van der Waals surface area contributed by atoms with E-state index in [0.29, 0.717) is 11.1 Å². The van der Waals surface area contributed by atoms with Crippen molar-refractivity contribution in [3.63, 3.8) is 0 Å². The van der Waals surface area contributed by atoms with Crippen molar-refractivity contribution in [1.29, 1.82) is 0 Å². The molecule has 0 saturated carbocycles. The van der Waals surface area contributed by atoms with E-state index in [1.165, 1.54) is 0 Å². The van der Waals surface area contributed by atoms with Crippen molar-refractivity contribution in [2.45, 2.75) is 19.9 Å². The van der Waals surface area contributed by atoms with Crippen LogP contribution in [0, 0.1) is 0 Å². The minimum absolute atomic E-state index is 0.318. The monoisotopic (exact) mass is 272 g/mol. The molecule has 0 atom stereocenters. The third-order valence-corrected chi connectivity index (χ3v) is 3.28. The van der Waals surface area contributed by atoms with Crippen LogP contribution in [-0.4, -0.2) is 19.5 Å². The van der Waals surface area contributed by atoms with Gasteiger partial charge in [0, 0.05) is 16.6 Å². The number of hydrogen-bond donors (Lipinski definition) is 0. The second kappa shape index (κ2) is 4.63. The van der Waals surface area contributed by atoms with E-state index in [4.69, 9.17) is 11.6 Å². The Balaban J connectivity index is 2.22. The fraction of sp³-hybridized carbons (Fsp3) is 0.214. The molecule has 3 aromatic rings. The number of benzene rings is 1. The molecular weight excluding hydrogens is 260 g/mol. The molecule has 0 fully saturated rings. The van der Waals surface area contributed by atoms with E-state index in [2.05, 4.69) is 28.8 Å². The Morgan fingerprint density at radius 1 is 1.05 bits per heavy atom. The lowest BCUT2D eigenvalue weighted by molar-refractivity contribution is 0.612. The molecule has 0 spiro atoms. The first-order chi connectivity index (χ1) is 9.16. The quantitative estimate of drug-likeness (QED) is 0.714. The fourth-order valence-electron chi connectivity index (χ4n) is 2.05. The topological polar surface area (TPSA) is 43.6 Å². The van der Waals surface area contributed by atoms with Gasteiger partial charge in [-0.05, 0) is 26.0 Å². The van der Waals surface area contributed by atoms with Gasteiger partial charge in [-0.1, -0.05) is 23.7 Å². The average Bonchev–Trinajstić information content (AvgIpc) is 2.83. The second-order valence-electron chi connectivity index (χ2n) is 4.65. The minimum Gasteiger partial charge on any atom is -0.313 e. The van der Waals surface area contributed by atoms with Crippen LogP contribution in [0.1, 0.15) is 19.9 Å². The zero-order valence-corrected chi connectivity index (χ0v) is 11.5. The zero-order valence-electron chi connectivity index (χ0n) is 10.7. The SMILES string of the molecule is CC(C)n1cnc2c(-c3ccc(Cl)cc3)ncnc21. The Bertz CT molecular complexity index is 716. The molecule has 0 bridgehead atoms. The van der Waals surface area contributed by atoms with Gasteiger partial charge in [0.25, 0.3) is 0 Å². The molecule has 0 saturated heterocycles. The van der Waals surface area contributed by atoms with E-state index < -0.39 is 0 Å². The zero-order chi connectivity index (χ0) is 13.4. The van der Waals surface area contributed by atoms with Crippen molar-refractivity contribution >= 4 is 22.8 Å². The van der Waals surface area contributed by atoms with Gasteiger partial charge < -0.3 is 4.57 Å². The number of fused-ring (bicyclic) bond motifs is 1. The summed E-state index contributed by atoms with van der Waals surface area (Å²) in [6.07, 6.45) is 3.39. The maximum Gasteiger partial charge on any atom is 0.164 e. The van der Waals surface area contributed by atoms with E-state index in [0.717, 1.165) is 22.4 Å². The van der Waals surface area contributed by atoms with Crippen LogP contribution in [-0.2, 0) is 0 Å². The highest BCUT2D eigenvalue weighted by Gasteiger charge is 2.12. The predicted molar refractivity (Wildman–Crippen MR) is 76.2 cm³/mol. The van der Waals surface area contributed by atoms with Crippen molar-refractivity contribution in [3.8, 4) is 11.3 Å². The minimum atomic E-state index is 0.318. The highest BCUT2D eigenvalue weighted by atomic mass is 35.5. The van der Waals surface area contributed by atoms with Gasteiger partial charge in [-0.25, -0.2) is 15.0 Å². The molecule has 5 heteroatoms. The Labute approximate surface area is 116 Å². The van der Waals surface area contributed by atoms with Crippen LogP contribution in [0.5, 0.6) is 0 Å². The third-order valence-electron chi connectivity index (χ3n) is 3.03. The summed E-state index contributed by atoms with van der Waals surface area (Å²) in [5.74, 6) is 0. The summed E-state index contributed by atoms with van der Waals surface area (Å²) in [4.78, 5) is 13.1. The van der Waals surface area contributed by atoms with Crippen LogP contribution in [0.25, 0.3) is 22.4 Å². The first-order valence-electron chi connectivity index (χ1n) is 6.10. The summed E-state index contributed by atoms with van der Waals surface area (Å²) in [5.41, 5.74) is 3.50. The number of imidazole rings is 1. The molecule has 0 N–H and O–H groups in total. The average molecular weight is 273 g/mol. The smallest absolute Gasteiger partial charge is 0.164 e. The molecule has 0 aliphatic heterocycles. The molecule has 3 rings (SSSR count). The van der Waals surface area contributed by atoms with Crippen molar-refractivity contribution in [1.82, 2.24) is 19.5 Å². The van der Waals surface area contributed by atoms with Crippen LogP contribution in [0.15, 0.2) is 36.9 Å². The second-order valence-corrected chi connectivity index (χ2v) is 5.08. The van der Waals surface area contributed by atoms with Crippen LogP contribution in [0.4, 0.5) is 0 Å². The lowest BCUT2D eigenvalue weighted by Gasteiger charge is -2.07. The first kappa shape index (κ1) is 12.1. The van der Waals surface area contributed by atoms with Gasteiger partial charge in [0.2, 0.25) is 0 Å². The highest BCUT2D eigenvalue weighted by molar-refractivity contribution is 6.30. The van der Waals surface area contributed by atoms with Gasteiger partial charge in [-0.2, -0.15) is 0 Å². The van der Waals surface area contributed by atoms with Crippen LogP contribution < -0.4 is 0 Å². The van der Waals surface area contributed by atoms with E-state index in [1.54, 1.807) is 6.33 Å².